The van der Waals surface area contributed by atoms with Crippen LogP contribution in [0.1, 0.15) is 27.7 Å². The average molecular weight is 270 g/mol. The third kappa shape index (κ3) is 24.0. The van der Waals surface area contributed by atoms with Gasteiger partial charge in [0.25, 0.3) is 0 Å². The van der Waals surface area contributed by atoms with Gasteiger partial charge in [-0.25, -0.2) is 0 Å². The van der Waals surface area contributed by atoms with Gasteiger partial charge in [0.2, 0.25) is 0 Å². The van der Waals surface area contributed by atoms with Gasteiger partial charge in [-0.3, -0.25) is 0 Å². The molecule has 0 atom stereocenters. The molecule has 4 nitrogen and oxygen atoms in total. The summed E-state index contributed by atoms with van der Waals surface area (Å²) < 4.78 is 0. The number of aliphatic hydroxyl groups is 3. The Hall–Kier alpha value is 0.554. The minimum absolute atomic E-state index is 0. The van der Waals surface area contributed by atoms with E-state index in [0.717, 1.165) is 7.11 Å². The molecule has 0 bridgehead atoms. The van der Waals surface area contributed by atoms with E-state index >= 15 is 0 Å². The van der Waals surface area contributed by atoms with Crippen LogP contribution >= 0.6 is 0 Å². The zero-order valence-electron chi connectivity index (χ0n) is 11.7. The molecule has 3 N–H and O–H groups in total. The second kappa shape index (κ2) is 10.7. The minimum atomic E-state index is -0.694. The summed E-state index contributed by atoms with van der Waals surface area (Å²) in [4.78, 5) is 1.92. The summed E-state index contributed by atoms with van der Waals surface area (Å²) >= 11 is 0. The minimum Gasteiger partial charge on any atom is -0.400 e. The van der Waals surface area contributed by atoms with E-state index in [9.17, 15) is 10.2 Å². The Morgan fingerprint density at radius 2 is 1.06 bits per heavy atom. The van der Waals surface area contributed by atoms with E-state index < -0.39 is 11.2 Å². The first-order valence-corrected chi connectivity index (χ1v) is 4.68. The smallest absolute Gasteiger partial charge is 0.0718 e. The molecule has 0 unspecified atom stereocenters. The van der Waals surface area contributed by atoms with Gasteiger partial charge in [0.1, 0.15) is 0 Å². The third-order valence-corrected chi connectivity index (χ3v) is 1.31. The molecule has 0 aromatic carbocycles. The van der Waals surface area contributed by atoms with Crippen molar-refractivity contribution >= 4 is 0 Å². The fourth-order valence-corrected chi connectivity index (χ4v) is 1.38. The van der Waals surface area contributed by atoms with Crippen LogP contribution in [0, 0.1) is 7.43 Å². The van der Waals surface area contributed by atoms with Gasteiger partial charge in [0, 0.05) is 41.9 Å². The molecule has 0 saturated carbocycles. The SMILES string of the molecule is CN(CC(C)(C)O)CC(C)(C)O.CO.[CH3-].[Ti]. The fourth-order valence-electron chi connectivity index (χ4n) is 1.38. The Morgan fingerprint density at radius 1 is 0.875 bits per heavy atom. The van der Waals surface area contributed by atoms with Crippen molar-refractivity contribution in [3.05, 3.63) is 7.43 Å². The van der Waals surface area contributed by atoms with Crippen molar-refractivity contribution < 1.29 is 37.0 Å². The van der Waals surface area contributed by atoms with Crippen LogP contribution in [0.5, 0.6) is 0 Å². The Bertz CT molecular complexity index is 125. The van der Waals surface area contributed by atoms with Crippen LogP contribution in [0.2, 0.25) is 0 Å². The molecule has 0 aliphatic heterocycles. The Kier molecular flexibility index (Phi) is 17.0. The summed E-state index contributed by atoms with van der Waals surface area (Å²) in [6.07, 6.45) is 0. The summed E-state index contributed by atoms with van der Waals surface area (Å²) in [7, 11) is 2.88. The molecule has 0 heterocycles. The van der Waals surface area contributed by atoms with Gasteiger partial charge in [-0.15, -0.1) is 0 Å². The molecule has 16 heavy (non-hydrogen) atoms. The second-order valence-electron chi connectivity index (χ2n) is 4.80. The largest absolute Gasteiger partial charge is 0.400 e. The van der Waals surface area contributed by atoms with Crippen LogP contribution in [0.25, 0.3) is 0 Å². The first kappa shape index (κ1) is 25.4. The van der Waals surface area contributed by atoms with E-state index in [1.165, 1.54) is 0 Å². The van der Waals surface area contributed by atoms with Crippen molar-refractivity contribution in [3.63, 3.8) is 0 Å². The van der Waals surface area contributed by atoms with Crippen molar-refractivity contribution in [2.75, 3.05) is 27.2 Å². The van der Waals surface area contributed by atoms with Crippen LogP contribution in [-0.2, 0) is 21.7 Å². The van der Waals surface area contributed by atoms with E-state index in [4.69, 9.17) is 5.11 Å². The van der Waals surface area contributed by atoms with Gasteiger partial charge in [-0.05, 0) is 34.7 Å². The molecule has 0 aromatic heterocycles. The third-order valence-electron chi connectivity index (χ3n) is 1.31. The van der Waals surface area contributed by atoms with Gasteiger partial charge in [0.15, 0.2) is 0 Å². The maximum absolute atomic E-state index is 9.46. The van der Waals surface area contributed by atoms with Crippen LogP contribution in [0.15, 0.2) is 0 Å². The zero-order chi connectivity index (χ0) is 12.0. The van der Waals surface area contributed by atoms with E-state index in [1.807, 2.05) is 11.9 Å². The van der Waals surface area contributed by atoms with Gasteiger partial charge < -0.3 is 27.6 Å². The normalized spacial score (nSPS) is 10.9. The van der Waals surface area contributed by atoms with Crippen LogP contribution in [0.3, 0.4) is 0 Å². The standard InChI is InChI=1S/C9H21NO2.CH4O.CH3.Ti/c1-8(2,11)6-10(5)7-9(3,4)12;1-2;;/h11-12H,6-7H2,1-5H3;2H,1H3;1H3;/q;;-1;. The molecule has 0 fully saturated rings. The van der Waals surface area contributed by atoms with Crippen LogP contribution in [-0.4, -0.2) is 58.7 Å². The fraction of sp³-hybridized carbons (Fsp3) is 0.909. The van der Waals surface area contributed by atoms with Gasteiger partial charge in [0.05, 0.1) is 11.2 Å². The first-order chi connectivity index (χ1) is 6.10. The molecular formula is C11H28NO3Ti-. The van der Waals surface area contributed by atoms with Crippen molar-refractivity contribution in [2.45, 2.75) is 38.9 Å². The quantitative estimate of drug-likeness (QED) is 0.514. The van der Waals surface area contributed by atoms with E-state index in [2.05, 4.69) is 0 Å². The maximum atomic E-state index is 9.46. The average Bonchev–Trinajstić information content (AvgIpc) is 1.82. The number of rotatable bonds is 4. The molecule has 100 valence electrons. The monoisotopic (exact) mass is 270 g/mol. The number of hydrogen-bond donors (Lipinski definition) is 3. The predicted molar refractivity (Wildman–Crippen MR) is 64.6 cm³/mol. The topological polar surface area (TPSA) is 63.9 Å². The second-order valence-corrected chi connectivity index (χ2v) is 4.80. The Balaban J connectivity index is -0.000000169. The molecule has 0 amide bonds. The van der Waals surface area contributed by atoms with Gasteiger partial charge in [-0.2, -0.15) is 0 Å². The molecule has 0 saturated heterocycles. The Labute approximate surface area is 116 Å². The summed E-state index contributed by atoms with van der Waals surface area (Å²) in [5.74, 6) is 0. The van der Waals surface area contributed by atoms with Crippen LogP contribution < -0.4 is 0 Å². The molecule has 0 aliphatic carbocycles. The van der Waals surface area contributed by atoms with Crippen molar-refractivity contribution in [3.8, 4) is 0 Å². The first-order valence-electron chi connectivity index (χ1n) is 4.68. The summed E-state index contributed by atoms with van der Waals surface area (Å²) in [6, 6.07) is 0. The molecule has 0 spiro atoms. The van der Waals surface area contributed by atoms with E-state index in [1.54, 1.807) is 27.7 Å². The van der Waals surface area contributed by atoms with E-state index in [-0.39, 0.29) is 29.1 Å². The van der Waals surface area contributed by atoms with Crippen molar-refractivity contribution in [2.24, 2.45) is 0 Å². The summed E-state index contributed by atoms with van der Waals surface area (Å²) in [5, 5.41) is 25.9. The van der Waals surface area contributed by atoms with Crippen LogP contribution in [0.4, 0.5) is 0 Å². The summed E-state index contributed by atoms with van der Waals surface area (Å²) in [5.41, 5.74) is -1.39. The molecule has 0 radical (unpaired) electrons. The van der Waals surface area contributed by atoms with Gasteiger partial charge >= 0.3 is 0 Å². The maximum Gasteiger partial charge on any atom is 0.0718 e. The van der Waals surface area contributed by atoms with Crippen molar-refractivity contribution in [1.29, 1.82) is 0 Å². The zero-order valence-corrected chi connectivity index (χ0v) is 13.3. The molecule has 0 aliphatic rings. The molecular weight excluding hydrogens is 242 g/mol. The van der Waals surface area contributed by atoms with E-state index in [0.29, 0.717) is 13.1 Å². The number of hydrogen-bond acceptors (Lipinski definition) is 4. The predicted octanol–water partition coefficient (Wildman–Crippen LogP) is 0.516. The summed E-state index contributed by atoms with van der Waals surface area (Å²) in [6.45, 7) is 8.16. The van der Waals surface area contributed by atoms with Gasteiger partial charge in [-0.1, -0.05) is 0 Å². The number of likely N-dealkylation sites (N-methyl/N-ethyl adjacent to an activating group) is 1. The molecule has 0 aromatic rings. The van der Waals surface area contributed by atoms with Crippen molar-refractivity contribution in [1.82, 2.24) is 4.90 Å². The Morgan fingerprint density at radius 3 is 1.19 bits per heavy atom. The molecule has 5 heteroatoms. The number of aliphatic hydroxyl groups excluding tert-OH is 1. The number of nitrogens with zero attached hydrogens (tertiary/aromatic N) is 1. The molecule has 0 rings (SSSR count).